The van der Waals surface area contributed by atoms with Gasteiger partial charge in [0.2, 0.25) is 5.91 Å². The third-order valence-electron chi connectivity index (χ3n) is 6.77. The van der Waals surface area contributed by atoms with Gasteiger partial charge in [0, 0.05) is 48.8 Å². The van der Waals surface area contributed by atoms with Gasteiger partial charge in [-0.3, -0.25) is 24.7 Å². The van der Waals surface area contributed by atoms with Crippen LogP contribution >= 0.6 is 23.1 Å². The molecule has 0 bridgehead atoms. The Labute approximate surface area is 224 Å². The summed E-state index contributed by atoms with van der Waals surface area (Å²) in [6, 6.07) is -1.03. The SMILES string of the molecule is N=CN1CC(CN2CCC(=CC3=C(C(=O)O)N4C(=O)[C@@H](NC(=O)/C(=N\O)c5csc(N)n5)[C@H]4SC3)C2=O)C1. The van der Waals surface area contributed by atoms with E-state index in [2.05, 4.69) is 15.5 Å². The molecule has 4 aliphatic heterocycles. The van der Waals surface area contributed by atoms with Crippen molar-refractivity contribution in [2.45, 2.75) is 17.8 Å². The molecule has 3 fully saturated rings. The first-order valence-electron chi connectivity index (χ1n) is 11.6. The van der Waals surface area contributed by atoms with Crippen LogP contribution < -0.4 is 11.1 Å². The summed E-state index contributed by atoms with van der Waals surface area (Å²) >= 11 is 2.31. The van der Waals surface area contributed by atoms with Crippen molar-refractivity contribution in [1.29, 1.82) is 5.41 Å². The number of aliphatic carboxylic acids is 1. The Morgan fingerprint density at radius 1 is 1.34 bits per heavy atom. The van der Waals surface area contributed by atoms with Gasteiger partial charge in [-0.05, 0) is 18.1 Å². The first-order chi connectivity index (χ1) is 18.2. The number of thiazole rings is 1. The number of amides is 3. The predicted octanol–water partition coefficient (Wildman–Crippen LogP) is -0.660. The second-order valence-corrected chi connectivity index (χ2v) is 11.2. The Bertz CT molecular complexity index is 1320. The van der Waals surface area contributed by atoms with Crippen LogP contribution in [0.1, 0.15) is 12.1 Å². The summed E-state index contributed by atoms with van der Waals surface area (Å²) in [7, 11) is 0. The van der Waals surface area contributed by atoms with E-state index in [9.17, 15) is 29.5 Å². The van der Waals surface area contributed by atoms with Gasteiger partial charge in [0.1, 0.15) is 22.8 Å². The van der Waals surface area contributed by atoms with E-state index in [0.29, 0.717) is 36.6 Å². The Morgan fingerprint density at radius 3 is 2.74 bits per heavy atom. The van der Waals surface area contributed by atoms with Gasteiger partial charge in [-0.25, -0.2) is 9.78 Å². The number of anilines is 1. The van der Waals surface area contributed by atoms with Crippen molar-refractivity contribution in [2.24, 2.45) is 11.1 Å². The Hall–Kier alpha value is -3.92. The first kappa shape index (κ1) is 25.7. The first-order valence-corrected chi connectivity index (χ1v) is 13.5. The Morgan fingerprint density at radius 2 is 2.11 bits per heavy atom. The molecule has 0 spiro atoms. The predicted molar refractivity (Wildman–Crippen MR) is 138 cm³/mol. The van der Waals surface area contributed by atoms with Gasteiger partial charge in [-0.1, -0.05) is 5.16 Å². The van der Waals surface area contributed by atoms with E-state index in [-0.39, 0.29) is 28.2 Å². The van der Waals surface area contributed by atoms with Gasteiger partial charge >= 0.3 is 5.97 Å². The van der Waals surface area contributed by atoms with E-state index >= 15 is 0 Å². The van der Waals surface area contributed by atoms with Crippen LogP contribution in [-0.4, -0.2) is 109 Å². The molecule has 6 N–H and O–H groups in total. The molecule has 0 aliphatic carbocycles. The highest BCUT2D eigenvalue weighted by Crippen LogP contribution is 2.41. The summed E-state index contributed by atoms with van der Waals surface area (Å²) in [5, 5.41) is 32.9. The molecule has 200 valence electrons. The summed E-state index contributed by atoms with van der Waals surface area (Å²) in [6.07, 6.45) is 3.33. The Balaban J connectivity index is 1.28. The number of fused-ring (bicyclic) bond motifs is 1. The van der Waals surface area contributed by atoms with Crippen molar-refractivity contribution in [3.05, 3.63) is 34.0 Å². The van der Waals surface area contributed by atoms with Crippen molar-refractivity contribution >= 4 is 64.0 Å². The quantitative estimate of drug-likeness (QED) is 0.0677. The van der Waals surface area contributed by atoms with Crippen molar-refractivity contribution in [3.8, 4) is 0 Å². The molecule has 0 unspecified atom stereocenters. The third kappa shape index (κ3) is 4.49. The van der Waals surface area contributed by atoms with Crippen molar-refractivity contribution < 1.29 is 29.5 Å². The largest absolute Gasteiger partial charge is 0.477 e. The second kappa shape index (κ2) is 10.1. The number of nitrogen functional groups attached to an aromatic ring is 1. The molecule has 0 aromatic carbocycles. The van der Waals surface area contributed by atoms with E-state index in [0.717, 1.165) is 29.3 Å². The van der Waals surface area contributed by atoms with Gasteiger partial charge in [-0.15, -0.1) is 23.1 Å². The molecule has 3 saturated heterocycles. The smallest absolute Gasteiger partial charge is 0.352 e. The number of nitrogens with zero attached hydrogens (tertiary/aromatic N) is 5. The molecule has 3 amide bonds. The molecule has 0 radical (unpaired) electrons. The van der Waals surface area contributed by atoms with Crippen LogP contribution in [0.25, 0.3) is 0 Å². The highest BCUT2D eigenvalue weighted by molar-refractivity contribution is 8.00. The van der Waals surface area contributed by atoms with E-state index in [1.165, 1.54) is 23.5 Å². The maximum atomic E-state index is 13.0. The number of rotatable bonds is 8. The minimum absolute atomic E-state index is 0.0482. The fraction of sp³-hybridized carbons (Fsp3) is 0.409. The fourth-order valence-corrected chi connectivity index (χ4v) is 6.75. The average Bonchev–Trinajstić information content (AvgIpc) is 3.44. The van der Waals surface area contributed by atoms with E-state index in [1.54, 1.807) is 11.0 Å². The molecule has 2 atom stereocenters. The number of hydrogen-bond donors (Lipinski definition) is 5. The monoisotopic (exact) mass is 560 g/mol. The zero-order valence-electron chi connectivity index (χ0n) is 19.9. The molecule has 16 heteroatoms. The zero-order chi connectivity index (χ0) is 27.1. The van der Waals surface area contributed by atoms with E-state index < -0.39 is 34.9 Å². The number of oxime groups is 1. The molecule has 4 aliphatic rings. The molecule has 1 aromatic rings. The van der Waals surface area contributed by atoms with Gasteiger partial charge in [0.15, 0.2) is 10.8 Å². The minimum Gasteiger partial charge on any atom is -0.477 e. The summed E-state index contributed by atoms with van der Waals surface area (Å²) < 4.78 is 0. The molecule has 38 heavy (non-hydrogen) atoms. The lowest BCUT2D eigenvalue weighted by Gasteiger charge is -2.49. The normalized spacial score (nSPS) is 24.9. The van der Waals surface area contributed by atoms with Gasteiger partial charge in [0.25, 0.3) is 11.8 Å². The third-order valence-corrected chi connectivity index (χ3v) is 8.75. The maximum absolute atomic E-state index is 13.0. The summed E-state index contributed by atoms with van der Waals surface area (Å²) in [5.74, 6) is -2.41. The standard InChI is InChI=1S/C22H24N8O6S2/c23-9-28-4-10(5-28)6-29-2-1-11(18(29)32)3-12-7-37-20-15(19(33)30(20)16(12)21(34)35)26-17(31)14(27-36)13-8-38-22(24)25-13/h3,8-10,15,20,23,36H,1-2,4-7H2,(H2,24,25)(H,26,31)(H,34,35)/b11-3?,23-9?,27-14-/t15-,20-/m1/s1. The molecule has 5 rings (SSSR count). The van der Waals surface area contributed by atoms with Crippen LogP contribution in [-0.2, 0) is 19.2 Å². The topological polar surface area (TPSA) is 206 Å². The van der Waals surface area contributed by atoms with Crippen molar-refractivity contribution in [1.82, 2.24) is 25.0 Å². The molecular formula is C22H24N8O6S2. The number of aromatic nitrogens is 1. The zero-order valence-corrected chi connectivity index (χ0v) is 21.5. The fourth-order valence-electron chi connectivity index (χ4n) is 4.90. The Kier molecular flexibility index (Phi) is 6.83. The van der Waals surface area contributed by atoms with E-state index in [4.69, 9.17) is 11.1 Å². The average molecular weight is 561 g/mol. The van der Waals surface area contributed by atoms with Gasteiger partial charge < -0.3 is 31.2 Å². The molecular weight excluding hydrogens is 536 g/mol. The number of allylic oxidation sites excluding steroid dienone is 1. The molecule has 1 aromatic heterocycles. The number of carbonyl (C=O) groups excluding carboxylic acids is 3. The van der Waals surface area contributed by atoms with Gasteiger partial charge in [-0.2, -0.15) is 0 Å². The number of hydrogen-bond acceptors (Lipinski definition) is 11. The lowest BCUT2D eigenvalue weighted by Crippen LogP contribution is -2.71. The number of carbonyl (C=O) groups is 4. The van der Waals surface area contributed by atoms with Crippen molar-refractivity contribution in [3.63, 3.8) is 0 Å². The van der Waals surface area contributed by atoms with Gasteiger partial charge in [0.05, 0.1) is 6.34 Å². The molecule has 0 saturated carbocycles. The number of carboxylic acids is 1. The minimum atomic E-state index is -1.31. The summed E-state index contributed by atoms with van der Waals surface area (Å²) in [6.45, 7) is 2.59. The number of likely N-dealkylation sites (tertiary alicyclic amines) is 2. The highest BCUT2D eigenvalue weighted by Gasteiger charge is 2.54. The van der Waals surface area contributed by atoms with Crippen LogP contribution in [0.15, 0.2) is 33.5 Å². The number of thioether (sulfide) groups is 1. The number of nitrogens with one attached hydrogen (secondary N) is 2. The lowest BCUT2D eigenvalue weighted by molar-refractivity contribution is -0.150. The summed E-state index contributed by atoms with van der Waals surface area (Å²) in [4.78, 5) is 59.4. The highest BCUT2D eigenvalue weighted by atomic mass is 32.2. The second-order valence-electron chi connectivity index (χ2n) is 9.18. The lowest BCUT2D eigenvalue weighted by atomic mass is 10.0. The summed E-state index contributed by atoms with van der Waals surface area (Å²) in [5.41, 5.74) is 5.83. The number of β-lactam (4-membered cyclic amide) rings is 1. The molecule has 5 heterocycles. The van der Waals surface area contributed by atoms with Crippen LogP contribution in [0.5, 0.6) is 0 Å². The number of nitrogens with two attached hydrogens (primary N) is 1. The van der Waals surface area contributed by atoms with Crippen LogP contribution in [0.2, 0.25) is 0 Å². The number of carboxylic acid groups (broad SMARTS) is 1. The van der Waals surface area contributed by atoms with E-state index in [1.807, 2.05) is 4.90 Å². The maximum Gasteiger partial charge on any atom is 0.352 e. The van der Waals surface area contributed by atoms with Crippen LogP contribution in [0.4, 0.5) is 5.13 Å². The van der Waals surface area contributed by atoms with Crippen LogP contribution in [0.3, 0.4) is 0 Å². The molecule has 14 nitrogen and oxygen atoms in total. The van der Waals surface area contributed by atoms with Crippen molar-refractivity contribution in [2.75, 3.05) is 37.7 Å². The van der Waals surface area contributed by atoms with Crippen LogP contribution in [0, 0.1) is 11.3 Å².